The molecule has 1 amide bonds. The first-order valence-electron chi connectivity index (χ1n) is 7.93. The molecule has 2 aromatic rings. The molecule has 1 aromatic heterocycles. The van der Waals surface area contributed by atoms with Crippen molar-refractivity contribution in [2.75, 3.05) is 5.32 Å². The summed E-state index contributed by atoms with van der Waals surface area (Å²) in [5.41, 5.74) is 2.00. The number of hydrogen-bond acceptors (Lipinski definition) is 3. The summed E-state index contributed by atoms with van der Waals surface area (Å²) in [5, 5.41) is 2.71. The maximum absolute atomic E-state index is 12.4. The molecule has 0 atom stereocenters. The maximum atomic E-state index is 12.4. The van der Waals surface area contributed by atoms with Crippen molar-refractivity contribution in [1.29, 1.82) is 0 Å². The second-order valence-electron chi connectivity index (χ2n) is 7.17. The summed E-state index contributed by atoms with van der Waals surface area (Å²) >= 11 is 0. The average molecular weight is 324 g/mol. The first kappa shape index (κ1) is 16.2. The van der Waals surface area contributed by atoms with Crippen LogP contribution < -0.4 is 10.9 Å². The third-order valence-electron chi connectivity index (χ3n) is 4.24. The Morgan fingerprint density at radius 3 is 2.62 bits per heavy atom. The molecule has 0 fully saturated rings. The summed E-state index contributed by atoms with van der Waals surface area (Å²) in [6.07, 6.45) is 1.02. The Labute approximate surface area is 140 Å². The number of nitrogens with one attached hydrogen (secondary N) is 2. The van der Waals surface area contributed by atoms with Crippen LogP contribution in [-0.4, -0.2) is 16.7 Å². The molecule has 1 heterocycles. The first-order valence-corrected chi connectivity index (χ1v) is 7.93. The van der Waals surface area contributed by atoms with Gasteiger partial charge in [0.15, 0.2) is 5.78 Å². The number of amides is 1. The molecule has 3 rings (SSSR count). The number of anilines is 1. The van der Waals surface area contributed by atoms with Gasteiger partial charge in [0.25, 0.3) is 11.5 Å². The zero-order valence-electron chi connectivity index (χ0n) is 14.0. The van der Waals surface area contributed by atoms with E-state index in [0.29, 0.717) is 29.8 Å². The van der Waals surface area contributed by atoms with Gasteiger partial charge >= 0.3 is 0 Å². The number of aromatic nitrogens is 1. The van der Waals surface area contributed by atoms with Crippen molar-refractivity contribution in [2.45, 2.75) is 33.6 Å². The van der Waals surface area contributed by atoms with Gasteiger partial charge in [0, 0.05) is 23.4 Å². The SMILES string of the molecule is Cc1cccc(NC(=O)c2cc3c([nH]c2=O)CC(C)(C)CC3=O)c1. The van der Waals surface area contributed by atoms with Crippen LogP contribution in [0.2, 0.25) is 0 Å². The molecule has 1 aromatic carbocycles. The van der Waals surface area contributed by atoms with Crippen LogP contribution in [0, 0.1) is 12.3 Å². The second kappa shape index (κ2) is 5.74. The number of Topliss-reactive ketones (excluding diaryl/α,β-unsaturated/α-hetero) is 1. The molecular weight excluding hydrogens is 304 g/mol. The zero-order chi connectivity index (χ0) is 17.5. The molecule has 0 spiro atoms. The average Bonchev–Trinajstić information content (AvgIpc) is 2.45. The number of carbonyl (C=O) groups excluding carboxylic acids is 2. The third kappa shape index (κ3) is 3.15. The van der Waals surface area contributed by atoms with Crippen LogP contribution >= 0.6 is 0 Å². The fourth-order valence-corrected chi connectivity index (χ4v) is 3.12. The molecule has 5 heteroatoms. The molecule has 0 unspecified atom stereocenters. The Kier molecular flexibility index (Phi) is 3.87. The van der Waals surface area contributed by atoms with Gasteiger partial charge in [0.2, 0.25) is 0 Å². The molecule has 1 aliphatic carbocycles. The number of H-pyrrole nitrogens is 1. The van der Waals surface area contributed by atoms with E-state index < -0.39 is 11.5 Å². The summed E-state index contributed by atoms with van der Waals surface area (Å²) in [6.45, 7) is 5.90. The van der Waals surface area contributed by atoms with Gasteiger partial charge < -0.3 is 10.3 Å². The summed E-state index contributed by atoms with van der Waals surface area (Å²) in [5.74, 6) is -0.551. The van der Waals surface area contributed by atoms with E-state index in [1.54, 1.807) is 6.07 Å². The minimum absolute atomic E-state index is 0.0386. The quantitative estimate of drug-likeness (QED) is 0.891. The van der Waals surface area contributed by atoms with E-state index in [9.17, 15) is 14.4 Å². The summed E-state index contributed by atoms with van der Waals surface area (Å²) in [4.78, 5) is 39.8. The normalized spacial score (nSPS) is 15.7. The van der Waals surface area contributed by atoms with Gasteiger partial charge in [-0.25, -0.2) is 0 Å². The highest BCUT2D eigenvalue weighted by Crippen LogP contribution is 2.33. The molecule has 1 aliphatic rings. The summed E-state index contributed by atoms with van der Waals surface area (Å²) in [7, 11) is 0. The highest BCUT2D eigenvalue weighted by molar-refractivity contribution is 6.06. The Bertz CT molecular complexity index is 894. The zero-order valence-corrected chi connectivity index (χ0v) is 14.0. The molecule has 24 heavy (non-hydrogen) atoms. The van der Waals surface area contributed by atoms with E-state index in [4.69, 9.17) is 0 Å². The number of aryl methyl sites for hydroxylation is 1. The van der Waals surface area contributed by atoms with Crippen LogP contribution in [0.15, 0.2) is 35.1 Å². The van der Waals surface area contributed by atoms with Gasteiger partial charge in [-0.3, -0.25) is 14.4 Å². The van der Waals surface area contributed by atoms with Gasteiger partial charge in [0.1, 0.15) is 5.56 Å². The molecule has 0 radical (unpaired) electrons. The molecule has 0 aliphatic heterocycles. The van der Waals surface area contributed by atoms with E-state index in [1.165, 1.54) is 6.07 Å². The summed E-state index contributed by atoms with van der Waals surface area (Å²) < 4.78 is 0. The Hall–Kier alpha value is -2.69. The van der Waals surface area contributed by atoms with Gasteiger partial charge in [-0.1, -0.05) is 26.0 Å². The minimum Gasteiger partial charge on any atom is -0.325 e. The van der Waals surface area contributed by atoms with Crippen molar-refractivity contribution >= 4 is 17.4 Å². The Balaban J connectivity index is 1.95. The number of pyridine rings is 1. The Morgan fingerprint density at radius 1 is 1.17 bits per heavy atom. The number of ketones is 1. The van der Waals surface area contributed by atoms with E-state index in [1.807, 2.05) is 39.0 Å². The van der Waals surface area contributed by atoms with Crippen LogP contribution in [0.3, 0.4) is 0 Å². The lowest BCUT2D eigenvalue weighted by Crippen LogP contribution is -2.32. The van der Waals surface area contributed by atoms with Gasteiger partial charge in [0.05, 0.1) is 0 Å². The fraction of sp³-hybridized carbons (Fsp3) is 0.316. The van der Waals surface area contributed by atoms with E-state index >= 15 is 0 Å². The van der Waals surface area contributed by atoms with E-state index in [2.05, 4.69) is 10.3 Å². The van der Waals surface area contributed by atoms with Crippen LogP contribution in [0.4, 0.5) is 5.69 Å². The van der Waals surface area contributed by atoms with E-state index in [0.717, 1.165) is 5.56 Å². The predicted molar refractivity (Wildman–Crippen MR) is 92.6 cm³/mol. The lowest BCUT2D eigenvalue weighted by molar-refractivity contribution is 0.0910. The largest absolute Gasteiger partial charge is 0.325 e. The first-order chi connectivity index (χ1) is 11.2. The van der Waals surface area contributed by atoms with E-state index in [-0.39, 0.29) is 16.8 Å². The van der Waals surface area contributed by atoms with Gasteiger partial charge in [-0.05, 0) is 42.5 Å². The van der Waals surface area contributed by atoms with Crippen LogP contribution in [0.1, 0.15) is 52.2 Å². The topological polar surface area (TPSA) is 79.0 Å². The van der Waals surface area contributed by atoms with Gasteiger partial charge in [-0.15, -0.1) is 0 Å². The molecule has 124 valence electrons. The molecule has 0 saturated carbocycles. The minimum atomic E-state index is -0.512. The number of benzene rings is 1. The van der Waals surface area contributed by atoms with Crippen molar-refractivity contribution in [3.05, 3.63) is 63.1 Å². The van der Waals surface area contributed by atoms with Crippen LogP contribution in [0.25, 0.3) is 0 Å². The standard InChI is InChI=1S/C19H20N2O3/c1-11-5-4-6-12(7-11)20-17(23)14-8-13-15(21-18(14)24)9-19(2,3)10-16(13)22/h4-8H,9-10H2,1-3H3,(H,20,23)(H,21,24). The number of carbonyl (C=O) groups is 2. The lowest BCUT2D eigenvalue weighted by atomic mass is 9.75. The van der Waals surface area contributed by atoms with Crippen molar-refractivity contribution < 1.29 is 9.59 Å². The number of hydrogen-bond donors (Lipinski definition) is 2. The highest BCUT2D eigenvalue weighted by Gasteiger charge is 2.32. The molecule has 2 N–H and O–H groups in total. The predicted octanol–water partition coefficient (Wildman–Crippen LogP) is 3.09. The van der Waals surface area contributed by atoms with Gasteiger partial charge in [-0.2, -0.15) is 0 Å². The van der Waals surface area contributed by atoms with Crippen molar-refractivity contribution in [3.8, 4) is 0 Å². The Morgan fingerprint density at radius 2 is 1.92 bits per heavy atom. The van der Waals surface area contributed by atoms with Crippen molar-refractivity contribution in [1.82, 2.24) is 4.98 Å². The van der Waals surface area contributed by atoms with Crippen LogP contribution in [0.5, 0.6) is 0 Å². The fourth-order valence-electron chi connectivity index (χ4n) is 3.12. The van der Waals surface area contributed by atoms with Crippen LogP contribution in [-0.2, 0) is 6.42 Å². The third-order valence-corrected chi connectivity index (χ3v) is 4.24. The summed E-state index contributed by atoms with van der Waals surface area (Å²) in [6, 6.07) is 8.75. The molecule has 0 saturated heterocycles. The molecular formula is C19H20N2O3. The maximum Gasteiger partial charge on any atom is 0.261 e. The number of fused-ring (bicyclic) bond motifs is 1. The number of rotatable bonds is 2. The number of aromatic amines is 1. The second-order valence-corrected chi connectivity index (χ2v) is 7.17. The smallest absolute Gasteiger partial charge is 0.261 e. The van der Waals surface area contributed by atoms with Crippen molar-refractivity contribution in [2.24, 2.45) is 5.41 Å². The molecule has 5 nitrogen and oxygen atoms in total. The highest BCUT2D eigenvalue weighted by atomic mass is 16.2. The lowest BCUT2D eigenvalue weighted by Gasteiger charge is -2.29. The monoisotopic (exact) mass is 324 g/mol. The molecule has 0 bridgehead atoms. The van der Waals surface area contributed by atoms with Crippen molar-refractivity contribution in [3.63, 3.8) is 0 Å².